The summed E-state index contributed by atoms with van der Waals surface area (Å²) in [7, 11) is -3.38. The predicted octanol–water partition coefficient (Wildman–Crippen LogP) is -0.178. The van der Waals surface area contributed by atoms with Gasteiger partial charge in [0.1, 0.15) is 0 Å². The zero-order valence-corrected chi connectivity index (χ0v) is 9.92. The maximum absolute atomic E-state index is 11.1. The van der Waals surface area contributed by atoms with Crippen molar-refractivity contribution in [2.45, 2.75) is 37.5 Å². The van der Waals surface area contributed by atoms with E-state index in [9.17, 15) is 8.42 Å². The zero-order chi connectivity index (χ0) is 11.3. The Morgan fingerprint density at radius 2 is 2.20 bits per heavy atom. The number of primary sulfonamides is 1. The summed E-state index contributed by atoms with van der Waals surface area (Å²) in [5.74, 6) is 0. The molecule has 0 aromatic carbocycles. The number of piperidine rings is 1. The van der Waals surface area contributed by atoms with E-state index in [1.54, 1.807) is 0 Å². The fourth-order valence-electron chi connectivity index (χ4n) is 1.68. The SMILES string of the molecule is CCCOCC1CCC(S(N)(=O)=O)CN1. The minimum absolute atomic E-state index is 0.273. The second kappa shape index (κ2) is 5.79. The molecule has 90 valence electrons. The molecule has 6 heteroatoms. The van der Waals surface area contributed by atoms with Crippen LogP contribution in [0, 0.1) is 0 Å². The molecular weight excluding hydrogens is 216 g/mol. The molecule has 1 saturated heterocycles. The Morgan fingerprint density at radius 3 is 2.67 bits per heavy atom. The van der Waals surface area contributed by atoms with Crippen molar-refractivity contribution in [3.8, 4) is 0 Å². The summed E-state index contributed by atoms with van der Waals surface area (Å²) >= 11 is 0. The third kappa shape index (κ3) is 4.46. The number of ether oxygens (including phenoxy) is 1. The molecule has 5 nitrogen and oxygen atoms in total. The predicted molar refractivity (Wildman–Crippen MR) is 59.0 cm³/mol. The van der Waals surface area contributed by atoms with Gasteiger partial charge in [-0.3, -0.25) is 0 Å². The van der Waals surface area contributed by atoms with Crippen LogP contribution in [-0.4, -0.2) is 39.5 Å². The summed E-state index contributed by atoms with van der Waals surface area (Å²) in [5.41, 5.74) is 0. The van der Waals surface area contributed by atoms with Crippen LogP contribution in [-0.2, 0) is 14.8 Å². The largest absolute Gasteiger partial charge is 0.380 e. The molecule has 0 amide bonds. The van der Waals surface area contributed by atoms with Crippen molar-refractivity contribution in [3.05, 3.63) is 0 Å². The minimum atomic E-state index is -3.38. The maximum atomic E-state index is 11.1. The van der Waals surface area contributed by atoms with Crippen LogP contribution in [0.25, 0.3) is 0 Å². The monoisotopic (exact) mass is 236 g/mol. The van der Waals surface area contributed by atoms with Crippen molar-refractivity contribution < 1.29 is 13.2 Å². The molecule has 0 aliphatic carbocycles. The number of nitrogens with one attached hydrogen (secondary N) is 1. The average Bonchev–Trinajstić information content (AvgIpc) is 2.18. The molecule has 1 aliphatic rings. The van der Waals surface area contributed by atoms with Crippen LogP contribution in [0.15, 0.2) is 0 Å². The third-order valence-corrected chi connectivity index (χ3v) is 3.94. The molecule has 0 saturated carbocycles. The van der Waals surface area contributed by atoms with Gasteiger partial charge in [-0.2, -0.15) is 0 Å². The number of sulfonamides is 1. The van der Waals surface area contributed by atoms with Crippen molar-refractivity contribution in [1.82, 2.24) is 5.32 Å². The third-order valence-electron chi connectivity index (χ3n) is 2.60. The molecule has 1 aliphatic heterocycles. The normalized spacial score (nSPS) is 27.9. The molecule has 0 aromatic heterocycles. The highest BCUT2D eigenvalue weighted by Crippen LogP contribution is 2.13. The molecule has 1 heterocycles. The van der Waals surface area contributed by atoms with E-state index in [0.717, 1.165) is 19.4 Å². The molecule has 1 fully saturated rings. The van der Waals surface area contributed by atoms with Crippen LogP contribution in [0.4, 0.5) is 0 Å². The first kappa shape index (κ1) is 12.9. The molecule has 2 atom stereocenters. The highest BCUT2D eigenvalue weighted by atomic mass is 32.2. The van der Waals surface area contributed by atoms with E-state index in [4.69, 9.17) is 9.88 Å². The van der Waals surface area contributed by atoms with Crippen molar-refractivity contribution in [2.24, 2.45) is 5.14 Å². The fraction of sp³-hybridized carbons (Fsp3) is 1.00. The van der Waals surface area contributed by atoms with Crippen LogP contribution < -0.4 is 10.5 Å². The molecule has 0 aromatic rings. The van der Waals surface area contributed by atoms with E-state index < -0.39 is 15.3 Å². The molecule has 0 spiro atoms. The highest BCUT2D eigenvalue weighted by Gasteiger charge is 2.27. The van der Waals surface area contributed by atoms with Gasteiger partial charge in [0.2, 0.25) is 10.0 Å². The van der Waals surface area contributed by atoms with E-state index in [1.165, 1.54) is 0 Å². The van der Waals surface area contributed by atoms with Gasteiger partial charge in [-0.05, 0) is 19.3 Å². The summed E-state index contributed by atoms with van der Waals surface area (Å²) in [5, 5.41) is 7.80. The summed E-state index contributed by atoms with van der Waals surface area (Å²) in [6, 6.07) is 0.273. The van der Waals surface area contributed by atoms with E-state index in [0.29, 0.717) is 19.6 Å². The second-order valence-electron chi connectivity index (χ2n) is 3.97. The van der Waals surface area contributed by atoms with Gasteiger partial charge in [0, 0.05) is 19.2 Å². The molecule has 3 N–H and O–H groups in total. The Bertz CT molecular complexity index is 271. The Morgan fingerprint density at radius 1 is 1.47 bits per heavy atom. The van der Waals surface area contributed by atoms with Crippen molar-refractivity contribution in [2.75, 3.05) is 19.8 Å². The number of nitrogens with two attached hydrogens (primary N) is 1. The van der Waals surface area contributed by atoms with Gasteiger partial charge in [-0.15, -0.1) is 0 Å². The van der Waals surface area contributed by atoms with Gasteiger partial charge in [-0.25, -0.2) is 13.6 Å². The topological polar surface area (TPSA) is 81.4 Å². The van der Waals surface area contributed by atoms with Gasteiger partial charge >= 0.3 is 0 Å². The summed E-state index contributed by atoms with van der Waals surface area (Å²) in [6.45, 7) is 3.92. The van der Waals surface area contributed by atoms with Crippen LogP contribution in [0.1, 0.15) is 26.2 Å². The van der Waals surface area contributed by atoms with E-state index in [1.807, 2.05) is 0 Å². The van der Waals surface area contributed by atoms with Crippen LogP contribution in [0.5, 0.6) is 0 Å². The van der Waals surface area contributed by atoms with Crippen molar-refractivity contribution in [1.29, 1.82) is 0 Å². The van der Waals surface area contributed by atoms with Gasteiger partial charge in [-0.1, -0.05) is 6.92 Å². The lowest BCUT2D eigenvalue weighted by Gasteiger charge is -2.28. The van der Waals surface area contributed by atoms with E-state index >= 15 is 0 Å². The lowest BCUT2D eigenvalue weighted by atomic mass is 10.1. The van der Waals surface area contributed by atoms with Gasteiger partial charge < -0.3 is 10.1 Å². The molecular formula is C9H20N2O3S. The van der Waals surface area contributed by atoms with Gasteiger partial charge in [0.15, 0.2) is 0 Å². The first-order valence-electron chi connectivity index (χ1n) is 5.36. The van der Waals surface area contributed by atoms with Crippen molar-refractivity contribution in [3.63, 3.8) is 0 Å². The van der Waals surface area contributed by atoms with E-state index in [-0.39, 0.29) is 6.04 Å². The highest BCUT2D eigenvalue weighted by molar-refractivity contribution is 7.89. The average molecular weight is 236 g/mol. The van der Waals surface area contributed by atoms with Crippen LogP contribution in [0.2, 0.25) is 0 Å². The maximum Gasteiger partial charge on any atom is 0.213 e. The molecule has 15 heavy (non-hydrogen) atoms. The standard InChI is InChI=1S/C9H20N2O3S/c1-2-5-14-7-8-3-4-9(6-11-8)15(10,12)13/h8-9,11H,2-7H2,1H3,(H2,10,12,13). The number of hydrogen-bond acceptors (Lipinski definition) is 4. The van der Waals surface area contributed by atoms with Gasteiger partial charge in [0.05, 0.1) is 11.9 Å². The molecule has 0 radical (unpaired) electrons. The Hall–Kier alpha value is -0.170. The first-order chi connectivity index (χ1) is 7.04. The van der Waals surface area contributed by atoms with Gasteiger partial charge in [0.25, 0.3) is 0 Å². The summed E-state index contributed by atoms with van der Waals surface area (Å²) in [4.78, 5) is 0. The second-order valence-corrected chi connectivity index (χ2v) is 5.81. The Balaban J connectivity index is 2.24. The molecule has 0 bridgehead atoms. The zero-order valence-electron chi connectivity index (χ0n) is 9.11. The summed E-state index contributed by atoms with van der Waals surface area (Å²) in [6.07, 6.45) is 2.45. The molecule has 2 unspecified atom stereocenters. The van der Waals surface area contributed by atoms with E-state index in [2.05, 4.69) is 12.2 Å². The van der Waals surface area contributed by atoms with Crippen LogP contribution in [0.3, 0.4) is 0 Å². The lowest BCUT2D eigenvalue weighted by molar-refractivity contribution is 0.104. The minimum Gasteiger partial charge on any atom is -0.380 e. The first-order valence-corrected chi connectivity index (χ1v) is 6.97. The summed E-state index contributed by atoms with van der Waals surface area (Å²) < 4.78 is 27.5. The quantitative estimate of drug-likeness (QED) is 0.649. The lowest BCUT2D eigenvalue weighted by Crippen LogP contribution is -2.48. The Kier molecular flexibility index (Phi) is 4.98. The van der Waals surface area contributed by atoms with Crippen LogP contribution >= 0.6 is 0 Å². The number of rotatable bonds is 5. The fourth-order valence-corrected chi connectivity index (χ4v) is 2.48. The Labute approximate surface area is 91.4 Å². The van der Waals surface area contributed by atoms with Crippen molar-refractivity contribution >= 4 is 10.0 Å². The smallest absolute Gasteiger partial charge is 0.213 e. The number of hydrogen-bond donors (Lipinski definition) is 2. The molecule has 1 rings (SSSR count).